The smallest absolute Gasteiger partial charge is 0.331 e. The number of carbonyl (C=O) groups excluding carboxylic acids is 3. The van der Waals surface area contributed by atoms with Crippen LogP contribution in [0.2, 0.25) is 0 Å². The van der Waals surface area contributed by atoms with Crippen LogP contribution in [0.15, 0.2) is 71.4 Å². The highest BCUT2D eigenvalue weighted by molar-refractivity contribution is 7.99. The molecule has 1 aliphatic heterocycles. The van der Waals surface area contributed by atoms with E-state index in [1.54, 1.807) is 27.7 Å². The summed E-state index contributed by atoms with van der Waals surface area (Å²) in [6, 6.07) is 0. The van der Waals surface area contributed by atoms with E-state index in [0.717, 1.165) is 23.6 Å². The summed E-state index contributed by atoms with van der Waals surface area (Å²) >= 11 is 7.96. The molecule has 1 rings (SSSR count). The predicted molar refractivity (Wildman–Crippen MR) is 197 cm³/mol. The number of aliphatic carboxylic acids is 1. The Morgan fingerprint density at radius 1 is 1.04 bits per heavy atom. The van der Waals surface area contributed by atoms with Gasteiger partial charge in [-0.1, -0.05) is 87.8 Å². The summed E-state index contributed by atoms with van der Waals surface area (Å²) in [6.45, 7) is 18.7. The Kier molecular flexibility index (Phi) is 19.9. The molecule has 10 heteroatoms. The summed E-state index contributed by atoms with van der Waals surface area (Å²) in [4.78, 5) is 45.8. The van der Waals surface area contributed by atoms with Gasteiger partial charge in [-0.3, -0.25) is 9.59 Å². The molecule has 0 saturated heterocycles. The maximum absolute atomic E-state index is 12.9. The number of ether oxygens (including phenoxy) is 1. The second-order valence-electron chi connectivity index (χ2n) is 13.4. The first-order valence-electron chi connectivity index (χ1n) is 16.0. The molecule has 8 nitrogen and oxygen atoms in total. The van der Waals surface area contributed by atoms with Crippen LogP contribution in [0.5, 0.6) is 0 Å². The number of amides is 1. The zero-order valence-electron chi connectivity index (χ0n) is 29.6. The molecule has 0 aliphatic carbocycles. The fraction of sp³-hybridized carbons (Fsp3) is 0.568. The molecule has 4 N–H and O–H groups in total. The van der Waals surface area contributed by atoms with Crippen molar-refractivity contribution in [2.24, 2.45) is 40.7 Å². The number of aliphatic hydroxyl groups excluding tert-OH is 1. The van der Waals surface area contributed by atoms with Crippen molar-refractivity contribution in [1.82, 2.24) is 0 Å². The van der Waals surface area contributed by atoms with E-state index in [-0.39, 0.29) is 46.1 Å². The lowest BCUT2D eigenvalue weighted by atomic mass is 9.83. The standard InChI is InChI=1S/C32H46O6.C5H11NOS2/c1-20(16-22(3)12-14-28-24(5)13-15-30(35)38-28)10-9-11-21(2)17-25(6)31(36)27(8)32(37)26(7)18-23(4)19-29(33)34;1-5(2,3(6)7)4(8)9/h9,11-17,19-20,24-28,32,37H,10,18H2,1-8H3,(H,33,34);4,8-9H,1-2H3,(H2,6,7)/b11-9+,14-12+,21-17+,22-16-,23-19+;/t20?,24-,25?,26?,27?,28-,32?;/m0./s1. The number of rotatable bonds is 16. The van der Waals surface area contributed by atoms with Crippen LogP contribution in [-0.4, -0.2) is 50.6 Å². The lowest BCUT2D eigenvalue weighted by molar-refractivity contribution is -0.143. The van der Waals surface area contributed by atoms with E-state index in [9.17, 15) is 24.3 Å². The normalized spacial score (nSPS) is 21.1. The lowest BCUT2D eigenvalue weighted by Gasteiger charge is -2.25. The number of allylic oxidation sites excluding steroid dienone is 8. The van der Waals surface area contributed by atoms with Gasteiger partial charge in [-0.15, -0.1) is 0 Å². The van der Waals surface area contributed by atoms with Crippen LogP contribution in [0, 0.1) is 35.0 Å². The van der Waals surface area contributed by atoms with Crippen molar-refractivity contribution in [3.05, 3.63) is 71.4 Å². The second-order valence-corrected chi connectivity index (χ2v) is 14.8. The number of aliphatic hydroxyl groups is 1. The van der Waals surface area contributed by atoms with E-state index in [2.05, 4.69) is 44.3 Å². The number of ketones is 1. The third kappa shape index (κ3) is 17.2. The topological polar surface area (TPSA) is 144 Å². The van der Waals surface area contributed by atoms with Gasteiger partial charge in [0.1, 0.15) is 11.9 Å². The molecular formula is C37H57NO7S2. The van der Waals surface area contributed by atoms with Crippen LogP contribution in [0.4, 0.5) is 0 Å². The number of cyclic esters (lactones) is 1. The Morgan fingerprint density at radius 3 is 2.13 bits per heavy atom. The average molecular weight is 692 g/mol. The molecule has 0 saturated carbocycles. The van der Waals surface area contributed by atoms with Crippen molar-refractivity contribution in [1.29, 1.82) is 0 Å². The van der Waals surface area contributed by atoms with Crippen molar-refractivity contribution in [2.45, 2.75) is 98.9 Å². The van der Waals surface area contributed by atoms with Gasteiger partial charge in [0.2, 0.25) is 5.91 Å². The van der Waals surface area contributed by atoms with E-state index in [1.165, 1.54) is 6.08 Å². The Bertz CT molecular complexity index is 1260. The zero-order chi connectivity index (χ0) is 36.6. The molecular weight excluding hydrogens is 635 g/mol. The van der Waals surface area contributed by atoms with Crippen LogP contribution >= 0.6 is 25.3 Å². The largest absolute Gasteiger partial charge is 0.478 e. The first-order valence-corrected chi connectivity index (χ1v) is 17.0. The predicted octanol–water partition coefficient (Wildman–Crippen LogP) is 7.08. The molecule has 0 bridgehead atoms. The van der Waals surface area contributed by atoms with Crippen molar-refractivity contribution < 1.29 is 34.1 Å². The third-order valence-corrected chi connectivity index (χ3v) is 9.38. The van der Waals surface area contributed by atoms with Gasteiger partial charge in [-0.05, 0) is 65.4 Å². The van der Waals surface area contributed by atoms with E-state index < -0.39 is 23.4 Å². The SMILES string of the molecule is CC(=C/C(C)C/C=C/C(C)=C/C(C)C(=O)C(C)C(O)C(C)C/C(C)=C/C(=O)O)/C=C/[C@@H]1OC(=O)C=C[C@@H]1C.CC(C)(C(N)=O)C(S)S. The Morgan fingerprint density at radius 2 is 1.62 bits per heavy atom. The third-order valence-electron chi connectivity index (χ3n) is 8.09. The van der Waals surface area contributed by atoms with E-state index in [1.807, 2.05) is 65.0 Å². The van der Waals surface area contributed by atoms with Gasteiger partial charge in [0.25, 0.3) is 0 Å². The highest BCUT2D eigenvalue weighted by atomic mass is 32.2. The number of Topliss-reactive ketones (excluding diaryl/α,β-unsaturated/α-hetero) is 1. The summed E-state index contributed by atoms with van der Waals surface area (Å²) in [7, 11) is 0. The quantitative estimate of drug-likeness (QED) is 0.0383. The molecule has 1 heterocycles. The Balaban J connectivity index is 0.00000204. The summed E-state index contributed by atoms with van der Waals surface area (Å²) in [5.74, 6) is -2.40. The number of nitrogens with two attached hydrogens (primary N) is 1. The minimum absolute atomic E-state index is 0.0378. The van der Waals surface area contributed by atoms with Crippen LogP contribution in [0.3, 0.4) is 0 Å². The molecule has 0 aromatic carbocycles. The lowest BCUT2D eigenvalue weighted by Crippen LogP contribution is -2.36. The minimum atomic E-state index is -1.01. The maximum atomic E-state index is 12.9. The zero-order valence-corrected chi connectivity index (χ0v) is 31.4. The van der Waals surface area contributed by atoms with Crippen LogP contribution < -0.4 is 5.73 Å². The number of carbonyl (C=O) groups is 4. The number of carboxylic acid groups (broad SMARTS) is 1. The van der Waals surface area contributed by atoms with E-state index in [0.29, 0.717) is 17.9 Å². The summed E-state index contributed by atoms with van der Waals surface area (Å²) in [6.07, 6.45) is 16.8. The Hall–Kier alpha value is -2.82. The minimum Gasteiger partial charge on any atom is -0.478 e. The monoisotopic (exact) mass is 691 g/mol. The summed E-state index contributed by atoms with van der Waals surface area (Å²) < 4.78 is 5.05. The van der Waals surface area contributed by atoms with Gasteiger partial charge in [-0.25, -0.2) is 9.59 Å². The highest BCUT2D eigenvalue weighted by Crippen LogP contribution is 2.27. The van der Waals surface area contributed by atoms with Gasteiger partial charge < -0.3 is 20.7 Å². The molecule has 47 heavy (non-hydrogen) atoms. The number of esters is 1. The van der Waals surface area contributed by atoms with Gasteiger partial charge in [0.05, 0.1) is 16.1 Å². The molecule has 1 amide bonds. The fourth-order valence-electron chi connectivity index (χ4n) is 4.76. The van der Waals surface area contributed by atoms with Gasteiger partial charge in [0, 0.05) is 29.9 Å². The van der Waals surface area contributed by atoms with Crippen molar-refractivity contribution in [3.8, 4) is 0 Å². The second kappa shape index (κ2) is 21.2. The Labute approximate surface area is 293 Å². The molecule has 0 aromatic heterocycles. The molecule has 0 aromatic rings. The number of hydrogen-bond acceptors (Lipinski definition) is 8. The first kappa shape index (κ1) is 44.2. The number of hydrogen-bond donors (Lipinski definition) is 5. The van der Waals surface area contributed by atoms with Crippen molar-refractivity contribution in [2.75, 3.05) is 0 Å². The molecule has 1 aliphatic rings. The number of thiol groups is 2. The number of carboxylic acids is 1. The van der Waals surface area contributed by atoms with E-state index in [4.69, 9.17) is 15.6 Å². The molecule has 0 spiro atoms. The van der Waals surface area contributed by atoms with E-state index >= 15 is 0 Å². The number of primary amides is 1. The van der Waals surface area contributed by atoms with Crippen molar-refractivity contribution in [3.63, 3.8) is 0 Å². The first-order chi connectivity index (χ1) is 21.6. The molecule has 7 atom stereocenters. The average Bonchev–Trinajstić information content (AvgIpc) is 2.95. The molecule has 264 valence electrons. The summed E-state index contributed by atoms with van der Waals surface area (Å²) in [5, 5.41) is 19.5. The van der Waals surface area contributed by atoms with Crippen LogP contribution in [0.25, 0.3) is 0 Å². The molecule has 0 radical (unpaired) electrons. The fourth-order valence-corrected chi connectivity index (χ4v) is 5.01. The summed E-state index contributed by atoms with van der Waals surface area (Å²) in [5.41, 5.74) is 7.15. The van der Waals surface area contributed by atoms with Crippen LogP contribution in [-0.2, 0) is 23.9 Å². The molecule has 5 unspecified atom stereocenters. The maximum Gasteiger partial charge on any atom is 0.331 e. The van der Waals surface area contributed by atoms with Gasteiger partial charge >= 0.3 is 11.9 Å². The molecule has 0 fully saturated rings. The highest BCUT2D eigenvalue weighted by Gasteiger charge is 2.30. The van der Waals surface area contributed by atoms with Gasteiger partial charge in [0.15, 0.2) is 0 Å². The van der Waals surface area contributed by atoms with Gasteiger partial charge in [-0.2, -0.15) is 25.3 Å². The van der Waals surface area contributed by atoms with Crippen molar-refractivity contribution >= 4 is 48.9 Å². The van der Waals surface area contributed by atoms with Crippen LogP contribution in [0.1, 0.15) is 82.1 Å².